The van der Waals surface area contributed by atoms with E-state index in [0.29, 0.717) is 23.4 Å². The van der Waals surface area contributed by atoms with Crippen LogP contribution in [0.1, 0.15) is 36.0 Å². The number of benzene rings is 2. The standard InChI is InChI=1S/C21H21N3O3/c25-19-5-2-12-24(19)18-10-8-16(9-11-18)22-21(27)15-3-1-4-17(13-15)23-20(26)14-6-7-14/h1,3-4,8-11,13-14H,2,5-7,12H2,(H,22,27)(H,23,26). The Morgan fingerprint density at radius 1 is 0.963 bits per heavy atom. The summed E-state index contributed by atoms with van der Waals surface area (Å²) in [5.41, 5.74) is 2.60. The molecular formula is C21H21N3O3. The second-order valence-electron chi connectivity index (χ2n) is 6.99. The van der Waals surface area contributed by atoms with Crippen molar-refractivity contribution in [2.45, 2.75) is 25.7 Å². The Balaban J connectivity index is 1.41. The first-order valence-corrected chi connectivity index (χ1v) is 9.23. The van der Waals surface area contributed by atoms with Crippen LogP contribution in [0.2, 0.25) is 0 Å². The third kappa shape index (κ3) is 4.00. The van der Waals surface area contributed by atoms with E-state index in [0.717, 1.165) is 31.5 Å². The lowest BCUT2D eigenvalue weighted by Gasteiger charge is -2.16. The van der Waals surface area contributed by atoms with Crippen molar-refractivity contribution in [2.75, 3.05) is 22.1 Å². The van der Waals surface area contributed by atoms with Gasteiger partial charge < -0.3 is 15.5 Å². The topological polar surface area (TPSA) is 78.5 Å². The van der Waals surface area contributed by atoms with Crippen molar-refractivity contribution >= 4 is 34.8 Å². The van der Waals surface area contributed by atoms with Crippen LogP contribution in [0.3, 0.4) is 0 Å². The first-order valence-electron chi connectivity index (χ1n) is 9.23. The van der Waals surface area contributed by atoms with Gasteiger partial charge in [-0.1, -0.05) is 6.07 Å². The predicted molar refractivity (Wildman–Crippen MR) is 104 cm³/mol. The third-order valence-electron chi connectivity index (χ3n) is 4.85. The van der Waals surface area contributed by atoms with Gasteiger partial charge in [-0.05, 0) is 61.7 Å². The molecule has 1 saturated heterocycles. The highest BCUT2D eigenvalue weighted by Crippen LogP contribution is 2.30. The average Bonchev–Trinajstić information content (AvgIpc) is 3.44. The van der Waals surface area contributed by atoms with Gasteiger partial charge in [-0.25, -0.2) is 0 Å². The lowest BCUT2D eigenvalue weighted by molar-refractivity contribution is -0.118. The van der Waals surface area contributed by atoms with Gasteiger partial charge in [-0.15, -0.1) is 0 Å². The van der Waals surface area contributed by atoms with Gasteiger partial charge in [0.05, 0.1) is 0 Å². The number of anilines is 3. The second-order valence-corrected chi connectivity index (χ2v) is 6.99. The number of hydrogen-bond acceptors (Lipinski definition) is 3. The molecule has 2 aliphatic rings. The third-order valence-corrected chi connectivity index (χ3v) is 4.85. The van der Waals surface area contributed by atoms with Crippen molar-refractivity contribution in [3.05, 3.63) is 54.1 Å². The number of carbonyl (C=O) groups excluding carboxylic acids is 3. The second kappa shape index (κ2) is 7.23. The highest BCUT2D eigenvalue weighted by atomic mass is 16.2. The van der Waals surface area contributed by atoms with E-state index in [1.807, 2.05) is 12.1 Å². The fourth-order valence-corrected chi connectivity index (χ4v) is 3.18. The van der Waals surface area contributed by atoms with Crippen LogP contribution in [0.5, 0.6) is 0 Å². The number of amides is 3. The maximum Gasteiger partial charge on any atom is 0.255 e. The molecule has 1 heterocycles. The molecule has 1 saturated carbocycles. The van der Waals surface area contributed by atoms with Crippen LogP contribution in [-0.4, -0.2) is 24.3 Å². The van der Waals surface area contributed by atoms with Crippen molar-refractivity contribution in [3.63, 3.8) is 0 Å². The number of rotatable bonds is 5. The van der Waals surface area contributed by atoms with E-state index in [1.54, 1.807) is 41.3 Å². The maximum absolute atomic E-state index is 12.5. The number of nitrogens with one attached hydrogen (secondary N) is 2. The molecule has 2 aromatic carbocycles. The fourth-order valence-electron chi connectivity index (χ4n) is 3.18. The molecule has 2 fully saturated rings. The average molecular weight is 363 g/mol. The van der Waals surface area contributed by atoms with Crippen LogP contribution in [0.25, 0.3) is 0 Å². The van der Waals surface area contributed by atoms with E-state index in [-0.39, 0.29) is 23.6 Å². The normalized spacial score (nSPS) is 16.3. The summed E-state index contributed by atoms with van der Waals surface area (Å²) in [6, 6.07) is 14.2. The van der Waals surface area contributed by atoms with Crippen LogP contribution < -0.4 is 15.5 Å². The lowest BCUT2D eigenvalue weighted by Crippen LogP contribution is -2.23. The summed E-state index contributed by atoms with van der Waals surface area (Å²) in [6.07, 6.45) is 3.34. The van der Waals surface area contributed by atoms with Crippen LogP contribution in [0, 0.1) is 5.92 Å². The Kier molecular flexibility index (Phi) is 4.62. The van der Waals surface area contributed by atoms with Crippen molar-refractivity contribution < 1.29 is 14.4 Å². The van der Waals surface area contributed by atoms with Gasteiger partial charge in [0.2, 0.25) is 11.8 Å². The molecule has 3 amide bonds. The van der Waals surface area contributed by atoms with Crippen molar-refractivity contribution in [1.82, 2.24) is 0 Å². The number of nitrogens with zero attached hydrogens (tertiary/aromatic N) is 1. The summed E-state index contributed by atoms with van der Waals surface area (Å²) >= 11 is 0. The fraction of sp³-hybridized carbons (Fsp3) is 0.286. The van der Waals surface area contributed by atoms with Crippen LogP contribution in [0.15, 0.2) is 48.5 Å². The summed E-state index contributed by atoms with van der Waals surface area (Å²) in [6.45, 7) is 0.740. The van der Waals surface area contributed by atoms with E-state index in [1.165, 1.54) is 0 Å². The molecule has 0 bridgehead atoms. The molecule has 1 aliphatic heterocycles. The summed E-state index contributed by atoms with van der Waals surface area (Å²) < 4.78 is 0. The predicted octanol–water partition coefficient (Wildman–Crippen LogP) is 3.41. The SMILES string of the molecule is O=C(Nc1ccc(N2CCCC2=O)cc1)c1cccc(NC(=O)C2CC2)c1. The van der Waals surface area contributed by atoms with Gasteiger partial charge >= 0.3 is 0 Å². The molecule has 1 aliphatic carbocycles. The van der Waals surface area contributed by atoms with E-state index < -0.39 is 0 Å². The molecule has 4 rings (SSSR count). The maximum atomic E-state index is 12.5. The number of carbonyl (C=O) groups is 3. The molecule has 0 radical (unpaired) electrons. The molecule has 2 aromatic rings. The minimum atomic E-state index is -0.248. The summed E-state index contributed by atoms with van der Waals surface area (Å²) in [4.78, 5) is 37.9. The van der Waals surface area contributed by atoms with Gasteiger partial charge in [-0.2, -0.15) is 0 Å². The summed E-state index contributed by atoms with van der Waals surface area (Å²) in [5.74, 6) is 0.0162. The zero-order valence-corrected chi connectivity index (χ0v) is 14.9. The van der Waals surface area contributed by atoms with Gasteiger partial charge in [0.25, 0.3) is 5.91 Å². The van der Waals surface area contributed by atoms with Gasteiger partial charge in [-0.3, -0.25) is 14.4 Å². The molecule has 6 heteroatoms. The quantitative estimate of drug-likeness (QED) is 0.854. The monoisotopic (exact) mass is 363 g/mol. The van der Waals surface area contributed by atoms with Crippen molar-refractivity contribution in [3.8, 4) is 0 Å². The Morgan fingerprint density at radius 2 is 1.74 bits per heavy atom. The first-order chi connectivity index (χ1) is 13.1. The van der Waals surface area contributed by atoms with Crippen molar-refractivity contribution in [2.24, 2.45) is 5.92 Å². The van der Waals surface area contributed by atoms with Crippen molar-refractivity contribution in [1.29, 1.82) is 0 Å². The Bertz CT molecular complexity index is 888. The zero-order valence-electron chi connectivity index (χ0n) is 14.9. The van der Waals surface area contributed by atoms with E-state index in [4.69, 9.17) is 0 Å². The molecule has 138 valence electrons. The van der Waals surface area contributed by atoms with E-state index >= 15 is 0 Å². The zero-order chi connectivity index (χ0) is 18.8. The largest absolute Gasteiger partial charge is 0.326 e. The van der Waals surface area contributed by atoms with Gasteiger partial charge in [0, 0.05) is 41.5 Å². The molecular weight excluding hydrogens is 342 g/mol. The van der Waals surface area contributed by atoms with E-state index in [2.05, 4.69) is 10.6 Å². The molecule has 0 unspecified atom stereocenters. The molecule has 2 N–H and O–H groups in total. The van der Waals surface area contributed by atoms with Crippen LogP contribution in [0.4, 0.5) is 17.1 Å². The smallest absolute Gasteiger partial charge is 0.255 e. The Hall–Kier alpha value is -3.15. The van der Waals surface area contributed by atoms with Crippen LogP contribution >= 0.6 is 0 Å². The Labute approximate surface area is 157 Å². The minimum Gasteiger partial charge on any atom is -0.326 e. The summed E-state index contributed by atoms with van der Waals surface area (Å²) in [7, 11) is 0. The van der Waals surface area contributed by atoms with Gasteiger partial charge in [0.15, 0.2) is 0 Å². The van der Waals surface area contributed by atoms with E-state index in [9.17, 15) is 14.4 Å². The molecule has 6 nitrogen and oxygen atoms in total. The molecule has 0 aromatic heterocycles. The molecule has 0 atom stereocenters. The Morgan fingerprint density at radius 3 is 2.41 bits per heavy atom. The van der Waals surface area contributed by atoms with Crippen LogP contribution in [-0.2, 0) is 9.59 Å². The first kappa shape index (κ1) is 17.3. The van der Waals surface area contributed by atoms with Gasteiger partial charge in [0.1, 0.15) is 0 Å². The highest BCUT2D eigenvalue weighted by Gasteiger charge is 2.29. The molecule has 0 spiro atoms. The minimum absolute atomic E-state index is 0.0135. The molecule has 27 heavy (non-hydrogen) atoms. The highest BCUT2D eigenvalue weighted by molar-refractivity contribution is 6.05. The lowest BCUT2D eigenvalue weighted by atomic mass is 10.1. The number of hydrogen-bond donors (Lipinski definition) is 2. The summed E-state index contributed by atoms with van der Waals surface area (Å²) in [5, 5.41) is 5.70.